The molecule has 0 spiro atoms. The fourth-order valence-electron chi connectivity index (χ4n) is 1.21. The lowest BCUT2D eigenvalue weighted by Crippen LogP contribution is -1.99. The molecule has 0 bridgehead atoms. The van der Waals surface area contributed by atoms with E-state index >= 15 is 0 Å². The van der Waals surface area contributed by atoms with Gasteiger partial charge in [-0.15, -0.1) is 11.8 Å². The van der Waals surface area contributed by atoms with E-state index in [1.807, 2.05) is 6.92 Å². The second kappa shape index (κ2) is 6.47. The van der Waals surface area contributed by atoms with Crippen molar-refractivity contribution in [3.05, 3.63) is 40.9 Å². The van der Waals surface area contributed by atoms with Crippen LogP contribution in [0.15, 0.2) is 35.2 Å². The van der Waals surface area contributed by atoms with E-state index in [2.05, 4.69) is 0 Å². The Morgan fingerprint density at radius 1 is 1.41 bits per heavy atom. The van der Waals surface area contributed by atoms with Crippen LogP contribution in [-0.4, -0.2) is 22.6 Å². The number of carboxylic acid groups (broad SMARTS) is 1. The van der Waals surface area contributed by atoms with Crippen molar-refractivity contribution in [2.45, 2.75) is 11.8 Å². The Labute approximate surface area is 108 Å². The van der Waals surface area contributed by atoms with Gasteiger partial charge in [-0.25, -0.2) is 4.79 Å². The molecule has 3 nitrogen and oxygen atoms in total. The van der Waals surface area contributed by atoms with E-state index < -0.39 is 5.97 Å². The zero-order valence-electron chi connectivity index (χ0n) is 9.14. The minimum atomic E-state index is -1.15. The molecule has 0 fully saturated rings. The third-order valence-electron chi connectivity index (χ3n) is 1.88. The average molecular weight is 271 g/mol. The number of halogens is 1. The summed E-state index contributed by atoms with van der Waals surface area (Å²) in [7, 11) is 0. The Morgan fingerprint density at radius 3 is 2.71 bits per heavy atom. The Hall–Kier alpha value is -1.26. The van der Waals surface area contributed by atoms with E-state index in [0.717, 1.165) is 22.8 Å². The summed E-state index contributed by atoms with van der Waals surface area (Å²) in [6, 6.07) is 5.02. The second-order valence-electron chi connectivity index (χ2n) is 3.11. The number of hydrogen-bond acceptors (Lipinski definition) is 3. The summed E-state index contributed by atoms with van der Waals surface area (Å²) in [6.45, 7) is 1.97. The summed E-state index contributed by atoms with van der Waals surface area (Å²) in [5.41, 5.74) is 0.432. The SMILES string of the molecule is CCSc1ccc(Cl)cc1C(=O)/C=C/C(=O)O. The van der Waals surface area contributed by atoms with Crippen LogP contribution >= 0.6 is 23.4 Å². The number of rotatable bonds is 5. The molecule has 90 valence electrons. The number of ketones is 1. The lowest BCUT2D eigenvalue weighted by atomic mass is 10.1. The molecule has 17 heavy (non-hydrogen) atoms. The molecule has 0 radical (unpaired) electrons. The molecule has 0 aliphatic carbocycles. The van der Waals surface area contributed by atoms with Crippen molar-refractivity contribution >= 4 is 35.1 Å². The highest BCUT2D eigenvalue weighted by atomic mass is 35.5. The van der Waals surface area contributed by atoms with Gasteiger partial charge in [-0.2, -0.15) is 0 Å². The van der Waals surface area contributed by atoms with E-state index in [-0.39, 0.29) is 5.78 Å². The molecule has 5 heteroatoms. The topological polar surface area (TPSA) is 54.4 Å². The molecule has 0 unspecified atom stereocenters. The van der Waals surface area contributed by atoms with Crippen LogP contribution in [0.2, 0.25) is 5.02 Å². The van der Waals surface area contributed by atoms with Gasteiger partial charge < -0.3 is 5.11 Å². The average Bonchev–Trinajstić information content (AvgIpc) is 2.28. The molecule has 1 rings (SSSR count). The van der Waals surface area contributed by atoms with Gasteiger partial charge >= 0.3 is 5.97 Å². The van der Waals surface area contributed by atoms with Crippen LogP contribution in [0, 0.1) is 0 Å². The van der Waals surface area contributed by atoms with Crippen molar-refractivity contribution < 1.29 is 14.7 Å². The Balaban J connectivity index is 3.05. The monoisotopic (exact) mass is 270 g/mol. The third kappa shape index (κ3) is 4.24. The van der Waals surface area contributed by atoms with Crippen molar-refractivity contribution in [1.82, 2.24) is 0 Å². The summed E-state index contributed by atoms with van der Waals surface area (Å²) >= 11 is 7.33. The van der Waals surface area contributed by atoms with E-state index in [4.69, 9.17) is 16.7 Å². The standard InChI is InChI=1S/C12H11ClO3S/c1-2-17-11-5-3-8(13)7-9(11)10(14)4-6-12(15)16/h3-7H,2H2,1H3,(H,15,16)/b6-4+. The predicted octanol–water partition coefficient (Wildman–Crippen LogP) is 3.28. The van der Waals surface area contributed by atoms with E-state index in [1.165, 1.54) is 11.8 Å². The highest BCUT2D eigenvalue weighted by Crippen LogP contribution is 2.26. The number of aliphatic carboxylic acids is 1. The maximum Gasteiger partial charge on any atom is 0.328 e. The Morgan fingerprint density at radius 2 is 2.12 bits per heavy atom. The number of carboxylic acids is 1. The van der Waals surface area contributed by atoms with Crippen LogP contribution < -0.4 is 0 Å². The van der Waals surface area contributed by atoms with Crippen molar-refractivity contribution in [2.75, 3.05) is 5.75 Å². The van der Waals surface area contributed by atoms with Gasteiger partial charge in [0.25, 0.3) is 0 Å². The molecular formula is C12H11ClO3S. The Kier molecular flexibility index (Phi) is 5.25. The van der Waals surface area contributed by atoms with Crippen LogP contribution in [0.5, 0.6) is 0 Å². The van der Waals surface area contributed by atoms with Gasteiger partial charge in [-0.1, -0.05) is 18.5 Å². The van der Waals surface area contributed by atoms with Gasteiger partial charge in [0.15, 0.2) is 5.78 Å². The first kappa shape index (κ1) is 13.8. The quantitative estimate of drug-likeness (QED) is 0.507. The summed E-state index contributed by atoms with van der Waals surface area (Å²) in [5, 5.41) is 8.92. The number of allylic oxidation sites excluding steroid dienone is 1. The lowest BCUT2D eigenvalue weighted by molar-refractivity contribution is -0.131. The van der Waals surface area contributed by atoms with E-state index in [9.17, 15) is 9.59 Å². The lowest BCUT2D eigenvalue weighted by Gasteiger charge is -2.05. The molecule has 1 aromatic carbocycles. The molecule has 0 aliphatic rings. The third-order valence-corrected chi connectivity index (χ3v) is 3.07. The number of thioether (sulfide) groups is 1. The molecular weight excluding hydrogens is 260 g/mol. The van der Waals surface area contributed by atoms with Crippen LogP contribution in [0.1, 0.15) is 17.3 Å². The predicted molar refractivity (Wildman–Crippen MR) is 69.0 cm³/mol. The zero-order valence-corrected chi connectivity index (χ0v) is 10.7. The maximum absolute atomic E-state index is 11.8. The summed E-state index contributed by atoms with van der Waals surface area (Å²) < 4.78 is 0. The minimum Gasteiger partial charge on any atom is -0.478 e. The fraction of sp³-hybridized carbons (Fsp3) is 0.167. The first-order valence-corrected chi connectivity index (χ1v) is 6.28. The molecule has 0 atom stereocenters. The van der Waals surface area contributed by atoms with Crippen LogP contribution in [0.25, 0.3) is 0 Å². The van der Waals surface area contributed by atoms with Gasteiger partial charge in [-0.3, -0.25) is 4.79 Å². The highest BCUT2D eigenvalue weighted by Gasteiger charge is 2.10. The van der Waals surface area contributed by atoms with Gasteiger partial charge in [0.2, 0.25) is 0 Å². The molecule has 1 N–H and O–H groups in total. The van der Waals surface area contributed by atoms with Crippen LogP contribution in [-0.2, 0) is 4.79 Å². The largest absolute Gasteiger partial charge is 0.478 e. The summed E-state index contributed by atoms with van der Waals surface area (Å²) in [5.74, 6) is -0.680. The number of carbonyl (C=O) groups excluding carboxylic acids is 1. The van der Waals surface area contributed by atoms with Crippen LogP contribution in [0.3, 0.4) is 0 Å². The molecule has 1 aromatic rings. The van der Waals surface area contributed by atoms with Gasteiger partial charge in [0, 0.05) is 21.6 Å². The van der Waals surface area contributed by atoms with Gasteiger partial charge in [0.05, 0.1) is 0 Å². The molecule has 0 aromatic heterocycles. The normalized spacial score (nSPS) is 10.7. The van der Waals surface area contributed by atoms with Crippen molar-refractivity contribution in [3.63, 3.8) is 0 Å². The molecule has 0 heterocycles. The van der Waals surface area contributed by atoms with Crippen molar-refractivity contribution in [1.29, 1.82) is 0 Å². The van der Waals surface area contributed by atoms with E-state index in [0.29, 0.717) is 10.6 Å². The molecule has 0 saturated heterocycles. The smallest absolute Gasteiger partial charge is 0.328 e. The summed E-state index contributed by atoms with van der Waals surface area (Å²) in [4.78, 5) is 22.9. The Bertz CT molecular complexity index is 469. The van der Waals surface area contributed by atoms with Crippen molar-refractivity contribution in [2.24, 2.45) is 0 Å². The second-order valence-corrected chi connectivity index (χ2v) is 4.85. The van der Waals surface area contributed by atoms with Gasteiger partial charge in [0.1, 0.15) is 0 Å². The minimum absolute atomic E-state index is 0.356. The maximum atomic E-state index is 11.8. The molecule has 0 amide bonds. The molecule has 0 saturated carbocycles. The molecule has 0 aliphatic heterocycles. The first-order chi connectivity index (χ1) is 8.04. The number of benzene rings is 1. The van der Waals surface area contributed by atoms with Crippen LogP contribution in [0.4, 0.5) is 0 Å². The van der Waals surface area contributed by atoms with Gasteiger partial charge in [-0.05, 0) is 30.0 Å². The first-order valence-electron chi connectivity index (χ1n) is 4.92. The number of hydrogen-bond donors (Lipinski definition) is 1. The number of carbonyl (C=O) groups is 2. The van der Waals surface area contributed by atoms with Crippen molar-refractivity contribution in [3.8, 4) is 0 Å². The fourth-order valence-corrected chi connectivity index (χ4v) is 2.18. The summed E-state index contributed by atoms with van der Waals surface area (Å²) in [6.07, 6.45) is 1.86. The zero-order chi connectivity index (χ0) is 12.8. The highest BCUT2D eigenvalue weighted by molar-refractivity contribution is 7.99. The van der Waals surface area contributed by atoms with E-state index in [1.54, 1.807) is 18.2 Å².